The molecule has 0 saturated heterocycles. The molecule has 1 heterocycles. The molecule has 1 aliphatic heterocycles. The minimum Gasteiger partial charge on any atom is -0.486 e. The molecule has 2 aromatic carbocycles. The van der Waals surface area contributed by atoms with Gasteiger partial charge in [0.15, 0.2) is 17.3 Å². The maximum Gasteiger partial charge on any atom is 0.161 e. The van der Waals surface area contributed by atoms with Gasteiger partial charge in [-0.05, 0) is 103 Å². The summed E-state index contributed by atoms with van der Waals surface area (Å²) in [4.78, 5) is 12.3. The number of fused-ring (bicyclic) bond motifs is 5. The van der Waals surface area contributed by atoms with E-state index >= 15 is 0 Å². The maximum absolute atomic E-state index is 12.3. The molecule has 4 heteroatoms. The smallest absolute Gasteiger partial charge is 0.161 e. The topological polar surface area (TPSA) is 55.8 Å². The Kier molecular flexibility index (Phi) is 5.79. The Hall–Kier alpha value is -3.29. The summed E-state index contributed by atoms with van der Waals surface area (Å²) in [6.07, 6.45) is 8.04. The van der Waals surface area contributed by atoms with Crippen LogP contribution >= 0.6 is 0 Å². The van der Waals surface area contributed by atoms with Gasteiger partial charge in [-0.15, -0.1) is 5.92 Å². The highest BCUT2D eigenvalue weighted by Gasteiger charge is 2.62. The first-order valence-electron chi connectivity index (χ1n) is 14.5. The number of ether oxygens (including phenoxy) is 2. The van der Waals surface area contributed by atoms with E-state index in [0.717, 1.165) is 61.2 Å². The Bertz CT molecular complexity index is 1470. The molecule has 7 rings (SSSR count). The van der Waals surface area contributed by atoms with Crippen LogP contribution < -0.4 is 9.47 Å². The molecule has 2 aromatic rings. The second-order valence-electron chi connectivity index (χ2n) is 12.3. The van der Waals surface area contributed by atoms with Gasteiger partial charge >= 0.3 is 0 Å². The molecule has 5 atom stereocenters. The Morgan fingerprint density at radius 1 is 0.949 bits per heavy atom. The van der Waals surface area contributed by atoms with Crippen molar-refractivity contribution in [3.05, 3.63) is 70.8 Å². The largest absolute Gasteiger partial charge is 0.486 e. The lowest BCUT2D eigenvalue weighted by atomic mass is 9.51. The van der Waals surface area contributed by atoms with Crippen molar-refractivity contribution >= 4 is 5.78 Å². The number of hydrogen-bond donors (Lipinski definition) is 1. The summed E-state index contributed by atoms with van der Waals surface area (Å²) in [5.41, 5.74) is 6.57. The van der Waals surface area contributed by atoms with E-state index in [1.807, 2.05) is 19.1 Å². The van der Waals surface area contributed by atoms with Crippen LogP contribution in [0.4, 0.5) is 0 Å². The van der Waals surface area contributed by atoms with Crippen molar-refractivity contribution in [1.29, 1.82) is 0 Å². The lowest BCUT2D eigenvalue weighted by Crippen LogP contribution is -2.51. The average Bonchev–Trinajstić information content (AvgIpc) is 3.22. The third-order valence-corrected chi connectivity index (χ3v) is 10.4. The second kappa shape index (κ2) is 9.14. The maximum atomic E-state index is 12.3. The van der Waals surface area contributed by atoms with Gasteiger partial charge in [0.2, 0.25) is 0 Å². The van der Waals surface area contributed by atoms with E-state index < -0.39 is 5.60 Å². The summed E-state index contributed by atoms with van der Waals surface area (Å²) in [6, 6.07) is 15.1. The van der Waals surface area contributed by atoms with Crippen LogP contribution in [0.15, 0.2) is 65.3 Å². The fraction of sp³-hybridized carbons (Fsp3) is 0.457. The molecular formula is C35H36O4. The molecule has 4 aliphatic carbocycles. The fourth-order valence-electron chi connectivity index (χ4n) is 8.51. The monoisotopic (exact) mass is 520 g/mol. The molecule has 0 radical (unpaired) electrons. The zero-order valence-electron chi connectivity index (χ0n) is 22.9. The van der Waals surface area contributed by atoms with E-state index in [1.165, 1.54) is 16.7 Å². The van der Waals surface area contributed by atoms with Crippen molar-refractivity contribution < 1.29 is 19.4 Å². The number of carbonyl (C=O) groups is 1. The quantitative estimate of drug-likeness (QED) is 0.444. The predicted molar refractivity (Wildman–Crippen MR) is 152 cm³/mol. The number of hydrogen-bond acceptors (Lipinski definition) is 4. The van der Waals surface area contributed by atoms with Crippen molar-refractivity contribution in [2.75, 3.05) is 13.2 Å². The number of rotatable bonds is 2. The van der Waals surface area contributed by atoms with Crippen LogP contribution in [0.1, 0.15) is 70.3 Å². The van der Waals surface area contributed by atoms with E-state index in [0.29, 0.717) is 31.5 Å². The normalized spacial score (nSPS) is 32.8. The molecule has 0 unspecified atom stereocenters. The third-order valence-electron chi connectivity index (χ3n) is 10.4. The van der Waals surface area contributed by atoms with Crippen LogP contribution in [-0.4, -0.2) is 29.7 Å². The number of allylic oxidation sites excluding steroid dienone is 4. The third kappa shape index (κ3) is 3.81. The summed E-state index contributed by atoms with van der Waals surface area (Å²) in [7, 11) is 0. The highest BCUT2D eigenvalue weighted by molar-refractivity contribution is 5.93. The summed E-state index contributed by atoms with van der Waals surface area (Å²) in [6.45, 7) is 5.30. The Labute approximate surface area is 231 Å². The van der Waals surface area contributed by atoms with Gasteiger partial charge in [-0.3, -0.25) is 4.79 Å². The van der Waals surface area contributed by atoms with Crippen molar-refractivity contribution in [1.82, 2.24) is 0 Å². The van der Waals surface area contributed by atoms with Gasteiger partial charge in [0.1, 0.15) is 18.8 Å². The first kappa shape index (κ1) is 24.7. The summed E-state index contributed by atoms with van der Waals surface area (Å²) >= 11 is 0. The van der Waals surface area contributed by atoms with Crippen LogP contribution in [0.25, 0.3) is 11.1 Å². The molecule has 39 heavy (non-hydrogen) atoms. The number of ketones is 1. The molecule has 0 aromatic heterocycles. The standard InChI is InChI=1S/C35H36O4/c1-3-15-35(37)16-14-30-28-11-8-25-19-26(36)10-12-27(25)33(28)29(21-34(30,35)2)23-6-4-22(5-7-23)24-9-13-31-32(20-24)39-18-17-38-31/h4-7,9,13,19-20,28-30,37H,8,10-12,14,16-18,21H2,1-2H3/t28-,29+,30-,34-,35-/m0/s1. The Morgan fingerprint density at radius 2 is 1.72 bits per heavy atom. The number of carbonyl (C=O) groups excluding carboxylic acids is 1. The molecule has 0 spiro atoms. The molecule has 4 nitrogen and oxygen atoms in total. The van der Waals surface area contributed by atoms with Crippen LogP contribution in [-0.2, 0) is 4.79 Å². The van der Waals surface area contributed by atoms with E-state index in [-0.39, 0.29) is 17.1 Å². The molecule has 2 fully saturated rings. The van der Waals surface area contributed by atoms with Gasteiger partial charge in [0.25, 0.3) is 0 Å². The number of benzene rings is 2. The first-order valence-corrected chi connectivity index (χ1v) is 14.5. The lowest BCUT2D eigenvalue weighted by Gasteiger charge is -2.53. The molecule has 5 aliphatic rings. The Balaban J connectivity index is 1.31. The van der Waals surface area contributed by atoms with Gasteiger partial charge in [0, 0.05) is 17.8 Å². The average molecular weight is 521 g/mol. The van der Waals surface area contributed by atoms with Gasteiger partial charge in [-0.2, -0.15) is 0 Å². The molecule has 200 valence electrons. The highest BCUT2D eigenvalue weighted by atomic mass is 16.6. The van der Waals surface area contributed by atoms with E-state index in [9.17, 15) is 9.90 Å². The molecule has 0 amide bonds. The molecule has 0 bridgehead atoms. The van der Waals surface area contributed by atoms with Gasteiger partial charge in [-0.1, -0.05) is 48.7 Å². The lowest BCUT2D eigenvalue weighted by molar-refractivity contribution is -0.114. The minimum atomic E-state index is -0.954. The van der Waals surface area contributed by atoms with Gasteiger partial charge < -0.3 is 14.6 Å². The Morgan fingerprint density at radius 3 is 2.51 bits per heavy atom. The number of aliphatic hydroxyl groups is 1. The van der Waals surface area contributed by atoms with E-state index in [2.05, 4.69) is 55.2 Å². The van der Waals surface area contributed by atoms with Crippen LogP contribution in [0.2, 0.25) is 0 Å². The minimum absolute atomic E-state index is 0.209. The summed E-state index contributed by atoms with van der Waals surface area (Å²) < 4.78 is 11.5. The summed E-state index contributed by atoms with van der Waals surface area (Å²) in [5, 5.41) is 11.9. The zero-order valence-corrected chi connectivity index (χ0v) is 22.9. The second-order valence-corrected chi connectivity index (χ2v) is 12.3. The van der Waals surface area contributed by atoms with Crippen molar-refractivity contribution in [2.45, 2.75) is 70.3 Å². The van der Waals surface area contributed by atoms with Crippen LogP contribution in [0.5, 0.6) is 11.5 Å². The zero-order chi connectivity index (χ0) is 26.8. The van der Waals surface area contributed by atoms with Crippen molar-refractivity contribution in [3.8, 4) is 34.5 Å². The molecule has 1 N–H and O–H groups in total. The van der Waals surface area contributed by atoms with Crippen molar-refractivity contribution in [3.63, 3.8) is 0 Å². The van der Waals surface area contributed by atoms with E-state index in [1.54, 1.807) is 5.57 Å². The highest BCUT2D eigenvalue weighted by Crippen LogP contribution is 2.66. The van der Waals surface area contributed by atoms with Crippen molar-refractivity contribution in [2.24, 2.45) is 17.3 Å². The van der Waals surface area contributed by atoms with E-state index in [4.69, 9.17) is 9.47 Å². The van der Waals surface area contributed by atoms with Crippen LogP contribution in [0, 0.1) is 29.1 Å². The predicted octanol–water partition coefficient (Wildman–Crippen LogP) is 6.78. The van der Waals surface area contributed by atoms with Gasteiger partial charge in [-0.25, -0.2) is 0 Å². The molecular weight excluding hydrogens is 484 g/mol. The first-order chi connectivity index (χ1) is 18.9. The molecule has 2 saturated carbocycles. The van der Waals surface area contributed by atoms with Gasteiger partial charge in [0.05, 0.1) is 0 Å². The van der Waals surface area contributed by atoms with Crippen LogP contribution in [0.3, 0.4) is 0 Å². The SMILES string of the molecule is CC#C[C@]1(O)CC[C@H]2[C@@H]3CCC4=CC(=O)CCC4=C3[C@@H](c3ccc(-c4ccc5c(c4)OCCO5)cc3)C[C@@]21C. The fourth-order valence-corrected chi connectivity index (χ4v) is 8.51. The summed E-state index contributed by atoms with van der Waals surface area (Å²) in [5.74, 6) is 9.24.